The Kier molecular flexibility index (Phi) is 8.23. The van der Waals surface area contributed by atoms with Crippen molar-refractivity contribution in [2.24, 2.45) is 0 Å². The first-order valence-corrected chi connectivity index (χ1v) is 10.3. The van der Waals surface area contributed by atoms with Crippen LogP contribution in [0.4, 0.5) is 0 Å². The van der Waals surface area contributed by atoms with Crippen molar-refractivity contribution in [3.8, 4) is 0 Å². The third-order valence-corrected chi connectivity index (χ3v) is 5.49. The number of hydrogen-bond donors (Lipinski definition) is 1. The van der Waals surface area contributed by atoms with Crippen molar-refractivity contribution in [1.82, 2.24) is 10.2 Å². The molecule has 1 N–H and O–H groups in total. The molecule has 0 aliphatic heterocycles. The summed E-state index contributed by atoms with van der Waals surface area (Å²) < 4.78 is 0. The summed E-state index contributed by atoms with van der Waals surface area (Å²) in [5.41, 5.74) is 0.799. The van der Waals surface area contributed by atoms with E-state index in [0.717, 1.165) is 37.7 Å². The van der Waals surface area contributed by atoms with Gasteiger partial charge in [0.25, 0.3) is 0 Å². The smallest absolute Gasteiger partial charge is 0.243 e. The maximum atomic E-state index is 12.9. The number of halogens is 2. The normalized spacial score (nSPS) is 15.7. The molecule has 4 nitrogen and oxygen atoms in total. The van der Waals surface area contributed by atoms with Crippen molar-refractivity contribution in [3.63, 3.8) is 0 Å². The molecule has 0 bridgehead atoms. The van der Waals surface area contributed by atoms with Gasteiger partial charge in [0.2, 0.25) is 11.8 Å². The van der Waals surface area contributed by atoms with E-state index in [1.54, 1.807) is 17.0 Å². The standard InChI is InChI=1S/C20H28Cl2N2O2/c1-3-7-19(25)24(13-14-10-11-15(21)12-17(14)22)18(4-2)20(26)23-16-8-5-6-9-16/h10-12,16,18H,3-9,13H2,1-2H3,(H,23,26). The summed E-state index contributed by atoms with van der Waals surface area (Å²) in [4.78, 5) is 27.3. The van der Waals surface area contributed by atoms with Crippen LogP contribution in [0.5, 0.6) is 0 Å². The van der Waals surface area contributed by atoms with E-state index >= 15 is 0 Å². The number of nitrogens with zero attached hydrogens (tertiary/aromatic N) is 1. The van der Waals surface area contributed by atoms with Crippen LogP contribution in [0, 0.1) is 0 Å². The van der Waals surface area contributed by atoms with Crippen LogP contribution >= 0.6 is 23.2 Å². The Balaban J connectivity index is 2.19. The lowest BCUT2D eigenvalue weighted by Gasteiger charge is -2.31. The second-order valence-electron chi connectivity index (χ2n) is 6.92. The molecule has 1 aliphatic carbocycles. The summed E-state index contributed by atoms with van der Waals surface area (Å²) in [6.45, 7) is 4.21. The molecule has 0 aromatic heterocycles. The molecule has 2 rings (SSSR count). The van der Waals surface area contributed by atoms with Crippen molar-refractivity contribution < 1.29 is 9.59 Å². The molecule has 1 unspecified atom stereocenters. The second kappa shape index (κ2) is 10.2. The van der Waals surface area contributed by atoms with Gasteiger partial charge < -0.3 is 10.2 Å². The van der Waals surface area contributed by atoms with Crippen LogP contribution in [0.25, 0.3) is 0 Å². The van der Waals surface area contributed by atoms with Gasteiger partial charge in [0, 0.05) is 29.1 Å². The Bertz CT molecular complexity index is 630. The third kappa shape index (κ3) is 5.62. The van der Waals surface area contributed by atoms with Gasteiger partial charge in [0.15, 0.2) is 0 Å². The minimum atomic E-state index is -0.485. The van der Waals surface area contributed by atoms with Crippen LogP contribution in [0.1, 0.15) is 64.4 Å². The van der Waals surface area contributed by atoms with Crippen LogP contribution in [0.15, 0.2) is 18.2 Å². The third-order valence-electron chi connectivity index (χ3n) is 4.91. The molecule has 6 heteroatoms. The van der Waals surface area contributed by atoms with Gasteiger partial charge in [-0.2, -0.15) is 0 Å². The van der Waals surface area contributed by atoms with E-state index in [0.29, 0.717) is 29.4 Å². The maximum Gasteiger partial charge on any atom is 0.243 e. The van der Waals surface area contributed by atoms with Crippen LogP contribution in [0.2, 0.25) is 10.0 Å². The maximum absolute atomic E-state index is 12.9. The van der Waals surface area contributed by atoms with E-state index in [1.807, 2.05) is 19.9 Å². The Morgan fingerprint density at radius 3 is 2.50 bits per heavy atom. The molecule has 1 aliphatic rings. The summed E-state index contributed by atoms with van der Waals surface area (Å²) in [7, 11) is 0. The van der Waals surface area contributed by atoms with Crippen molar-refractivity contribution >= 4 is 35.0 Å². The molecule has 0 radical (unpaired) electrons. The fourth-order valence-corrected chi connectivity index (χ4v) is 3.95. The first-order valence-electron chi connectivity index (χ1n) is 9.50. The van der Waals surface area contributed by atoms with E-state index in [4.69, 9.17) is 23.2 Å². The number of benzene rings is 1. The molecule has 26 heavy (non-hydrogen) atoms. The number of amides is 2. The molecule has 0 spiro atoms. The first kappa shape index (κ1) is 21.0. The first-order chi connectivity index (χ1) is 12.5. The fourth-order valence-electron chi connectivity index (χ4n) is 3.48. The Morgan fingerprint density at radius 1 is 1.23 bits per heavy atom. The minimum Gasteiger partial charge on any atom is -0.352 e. The molecule has 1 atom stereocenters. The largest absolute Gasteiger partial charge is 0.352 e. The predicted octanol–water partition coefficient (Wildman–Crippen LogP) is 4.96. The van der Waals surface area contributed by atoms with E-state index in [2.05, 4.69) is 5.32 Å². The van der Waals surface area contributed by atoms with Crippen LogP contribution in [-0.4, -0.2) is 28.8 Å². The number of carbonyl (C=O) groups excluding carboxylic acids is 2. The van der Waals surface area contributed by atoms with Gasteiger partial charge in [0.05, 0.1) is 0 Å². The molecule has 0 heterocycles. The molecule has 1 aromatic rings. The lowest BCUT2D eigenvalue weighted by Crippen LogP contribution is -2.50. The monoisotopic (exact) mass is 398 g/mol. The van der Waals surface area contributed by atoms with Crippen molar-refractivity contribution in [1.29, 1.82) is 0 Å². The van der Waals surface area contributed by atoms with Crippen molar-refractivity contribution in [3.05, 3.63) is 33.8 Å². The average molecular weight is 399 g/mol. The highest BCUT2D eigenvalue weighted by Gasteiger charge is 2.30. The molecule has 1 fully saturated rings. The summed E-state index contributed by atoms with van der Waals surface area (Å²) in [5.74, 6) is -0.0825. The highest BCUT2D eigenvalue weighted by atomic mass is 35.5. The van der Waals surface area contributed by atoms with Gasteiger partial charge in [0.1, 0.15) is 6.04 Å². The zero-order valence-electron chi connectivity index (χ0n) is 15.6. The van der Waals surface area contributed by atoms with Gasteiger partial charge in [-0.1, -0.05) is 56.0 Å². The van der Waals surface area contributed by atoms with Gasteiger partial charge >= 0.3 is 0 Å². The van der Waals surface area contributed by atoms with Gasteiger partial charge in [-0.15, -0.1) is 0 Å². The summed E-state index contributed by atoms with van der Waals surface area (Å²) in [6, 6.07) is 4.99. The second-order valence-corrected chi connectivity index (χ2v) is 7.77. The van der Waals surface area contributed by atoms with Gasteiger partial charge in [-0.05, 0) is 43.4 Å². The number of nitrogens with one attached hydrogen (secondary N) is 1. The van der Waals surface area contributed by atoms with Gasteiger partial charge in [-0.25, -0.2) is 0 Å². The molecule has 2 amide bonds. The SMILES string of the molecule is CCCC(=O)N(Cc1ccc(Cl)cc1Cl)C(CC)C(=O)NC1CCCC1. The zero-order chi connectivity index (χ0) is 19.1. The van der Waals surface area contributed by atoms with E-state index in [9.17, 15) is 9.59 Å². The molecule has 1 aromatic carbocycles. The highest BCUT2D eigenvalue weighted by molar-refractivity contribution is 6.35. The molecule has 144 valence electrons. The summed E-state index contributed by atoms with van der Waals surface area (Å²) in [5, 5.41) is 4.19. The average Bonchev–Trinajstić information content (AvgIpc) is 3.09. The predicted molar refractivity (Wildman–Crippen MR) is 106 cm³/mol. The van der Waals surface area contributed by atoms with E-state index in [1.165, 1.54) is 0 Å². The molecular formula is C20H28Cl2N2O2. The fraction of sp³-hybridized carbons (Fsp3) is 0.600. The van der Waals surface area contributed by atoms with Crippen LogP contribution in [-0.2, 0) is 16.1 Å². The van der Waals surface area contributed by atoms with E-state index in [-0.39, 0.29) is 17.9 Å². The topological polar surface area (TPSA) is 49.4 Å². The lowest BCUT2D eigenvalue weighted by molar-refractivity contribution is -0.141. The number of rotatable bonds is 8. The van der Waals surface area contributed by atoms with Crippen molar-refractivity contribution in [2.45, 2.75) is 77.4 Å². The lowest BCUT2D eigenvalue weighted by atomic mass is 10.1. The Morgan fingerprint density at radius 2 is 1.92 bits per heavy atom. The van der Waals surface area contributed by atoms with Crippen LogP contribution in [0.3, 0.4) is 0 Å². The van der Waals surface area contributed by atoms with E-state index < -0.39 is 6.04 Å². The number of carbonyl (C=O) groups is 2. The Labute approximate surface area is 166 Å². The minimum absolute atomic E-state index is 0.0214. The Hall–Kier alpha value is -1.26. The van der Waals surface area contributed by atoms with Gasteiger partial charge in [-0.3, -0.25) is 9.59 Å². The quantitative estimate of drug-likeness (QED) is 0.672. The number of hydrogen-bond acceptors (Lipinski definition) is 2. The molecule has 1 saturated carbocycles. The summed E-state index contributed by atoms with van der Waals surface area (Å²) in [6.07, 6.45) is 6.07. The zero-order valence-corrected chi connectivity index (χ0v) is 17.1. The highest BCUT2D eigenvalue weighted by Crippen LogP contribution is 2.24. The van der Waals surface area contributed by atoms with Crippen LogP contribution < -0.4 is 5.32 Å². The molecular weight excluding hydrogens is 371 g/mol. The molecule has 0 saturated heterocycles. The summed E-state index contributed by atoms with van der Waals surface area (Å²) >= 11 is 12.3. The van der Waals surface area contributed by atoms with Crippen molar-refractivity contribution in [2.75, 3.05) is 0 Å².